The fraction of sp³-hybridized carbons (Fsp3) is 0.192. The van der Waals surface area contributed by atoms with Crippen LogP contribution in [0.25, 0.3) is 16.6 Å². The lowest BCUT2D eigenvalue weighted by Gasteiger charge is -2.14. The quantitative estimate of drug-likeness (QED) is 0.188. The minimum Gasteiger partial charge on any atom is -0.435 e. The van der Waals surface area contributed by atoms with Gasteiger partial charge in [-0.05, 0) is 79.9 Å². The number of aryl methyl sites for hydroxylation is 3. The van der Waals surface area contributed by atoms with Gasteiger partial charge in [-0.1, -0.05) is 30.0 Å². The van der Waals surface area contributed by atoms with Crippen LogP contribution in [-0.4, -0.2) is 27.7 Å². The lowest BCUT2D eigenvalue weighted by molar-refractivity contribution is -0.0498. The van der Waals surface area contributed by atoms with Crippen molar-refractivity contribution in [2.75, 3.05) is 5.75 Å². The third-order valence-corrected chi connectivity index (χ3v) is 6.48. The molecule has 174 valence electrons. The second-order valence-corrected chi connectivity index (χ2v) is 8.83. The number of halogens is 2. The molecule has 0 aliphatic heterocycles. The van der Waals surface area contributed by atoms with Crippen molar-refractivity contribution in [2.45, 2.75) is 32.5 Å². The molecular formula is C26H22F2N2O3S. The summed E-state index contributed by atoms with van der Waals surface area (Å²) in [5.41, 5.74) is 4.31. The molecule has 0 fully saturated rings. The summed E-state index contributed by atoms with van der Waals surface area (Å²) in [7, 11) is 0. The molecule has 0 N–H and O–H groups in total. The van der Waals surface area contributed by atoms with Crippen LogP contribution in [-0.2, 0) is 0 Å². The number of aromatic nitrogens is 2. The molecule has 0 aliphatic rings. The molecule has 0 atom stereocenters. The fourth-order valence-electron chi connectivity index (χ4n) is 3.68. The number of alkyl halides is 2. The Bertz CT molecular complexity index is 1430. The van der Waals surface area contributed by atoms with E-state index in [0.717, 1.165) is 28.5 Å². The highest BCUT2D eigenvalue weighted by Gasteiger charge is 2.17. The van der Waals surface area contributed by atoms with Crippen LogP contribution in [0.1, 0.15) is 27.0 Å². The number of benzene rings is 3. The van der Waals surface area contributed by atoms with Gasteiger partial charge in [0, 0.05) is 5.56 Å². The third kappa shape index (κ3) is 4.87. The van der Waals surface area contributed by atoms with Crippen molar-refractivity contribution in [1.82, 2.24) is 9.55 Å². The Balaban J connectivity index is 1.72. The summed E-state index contributed by atoms with van der Waals surface area (Å²) in [6, 6.07) is 16.6. The van der Waals surface area contributed by atoms with E-state index in [-0.39, 0.29) is 22.8 Å². The van der Waals surface area contributed by atoms with Crippen molar-refractivity contribution in [2.24, 2.45) is 0 Å². The Hall–Kier alpha value is -3.52. The van der Waals surface area contributed by atoms with Crippen LogP contribution in [0.5, 0.6) is 5.75 Å². The Labute approximate surface area is 199 Å². The van der Waals surface area contributed by atoms with Crippen LogP contribution >= 0.6 is 11.8 Å². The molecular weight excluding hydrogens is 458 g/mol. The van der Waals surface area contributed by atoms with E-state index in [1.54, 1.807) is 24.3 Å². The number of fused-ring (bicyclic) bond motifs is 1. The monoisotopic (exact) mass is 480 g/mol. The first-order chi connectivity index (χ1) is 16.2. The molecule has 4 rings (SSSR count). The van der Waals surface area contributed by atoms with Crippen LogP contribution in [0.3, 0.4) is 0 Å². The number of hydrogen-bond acceptors (Lipinski definition) is 5. The summed E-state index contributed by atoms with van der Waals surface area (Å²) < 4.78 is 30.8. The molecule has 1 heterocycles. The fourth-order valence-corrected chi connectivity index (χ4v) is 4.58. The Kier molecular flexibility index (Phi) is 6.79. The van der Waals surface area contributed by atoms with E-state index in [0.29, 0.717) is 27.3 Å². The van der Waals surface area contributed by atoms with Gasteiger partial charge in [-0.2, -0.15) is 8.78 Å². The first-order valence-electron chi connectivity index (χ1n) is 10.6. The van der Waals surface area contributed by atoms with Gasteiger partial charge >= 0.3 is 6.61 Å². The molecule has 1 aromatic heterocycles. The van der Waals surface area contributed by atoms with Gasteiger partial charge in [-0.3, -0.25) is 14.2 Å². The van der Waals surface area contributed by atoms with Gasteiger partial charge in [-0.15, -0.1) is 0 Å². The molecule has 8 heteroatoms. The number of hydrogen-bond donors (Lipinski definition) is 0. The predicted molar refractivity (Wildman–Crippen MR) is 130 cm³/mol. The van der Waals surface area contributed by atoms with Crippen molar-refractivity contribution in [1.29, 1.82) is 0 Å². The molecule has 0 spiro atoms. The van der Waals surface area contributed by atoms with E-state index in [1.165, 1.54) is 28.8 Å². The lowest BCUT2D eigenvalue weighted by Crippen LogP contribution is -2.22. The van der Waals surface area contributed by atoms with Crippen molar-refractivity contribution < 1.29 is 18.3 Å². The molecule has 0 bridgehead atoms. The minimum atomic E-state index is -2.94. The standard InChI is InChI=1S/C26H22F2N2O3S/c1-15-12-17(3)21(13-16(15)2)23(31)14-34-26-29-22-7-5-4-6-20(22)24(32)30(26)18-8-10-19(11-9-18)33-25(27)28/h4-13,25H,14H2,1-3H3. The number of carbonyl (C=O) groups is 1. The molecule has 0 saturated carbocycles. The van der Waals surface area contributed by atoms with E-state index < -0.39 is 6.61 Å². The zero-order valence-electron chi connectivity index (χ0n) is 18.8. The molecule has 3 aromatic carbocycles. The first-order valence-corrected chi connectivity index (χ1v) is 11.5. The number of rotatable bonds is 7. The van der Waals surface area contributed by atoms with Crippen molar-refractivity contribution in [3.8, 4) is 11.4 Å². The highest BCUT2D eigenvalue weighted by atomic mass is 32.2. The lowest BCUT2D eigenvalue weighted by atomic mass is 9.99. The maximum absolute atomic E-state index is 13.3. The van der Waals surface area contributed by atoms with Gasteiger partial charge < -0.3 is 4.74 Å². The van der Waals surface area contributed by atoms with Crippen LogP contribution in [0, 0.1) is 20.8 Å². The van der Waals surface area contributed by atoms with Gasteiger partial charge in [0.25, 0.3) is 5.56 Å². The summed E-state index contributed by atoms with van der Waals surface area (Å²) in [4.78, 5) is 31.0. The van der Waals surface area contributed by atoms with E-state index in [4.69, 9.17) is 0 Å². The minimum absolute atomic E-state index is 0.0184. The van der Waals surface area contributed by atoms with Crippen molar-refractivity contribution in [3.63, 3.8) is 0 Å². The predicted octanol–water partition coefficient (Wildman–Crippen LogP) is 5.89. The number of carbonyl (C=O) groups excluding carboxylic acids is 1. The van der Waals surface area contributed by atoms with Crippen molar-refractivity contribution >= 4 is 28.4 Å². The molecule has 0 amide bonds. The van der Waals surface area contributed by atoms with Crippen molar-refractivity contribution in [3.05, 3.63) is 93.3 Å². The largest absolute Gasteiger partial charge is 0.435 e. The number of thioether (sulfide) groups is 1. The van der Waals surface area contributed by atoms with Crippen LogP contribution < -0.4 is 10.3 Å². The maximum atomic E-state index is 13.3. The molecule has 5 nitrogen and oxygen atoms in total. The zero-order valence-corrected chi connectivity index (χ0v) is 19.7. The summed E-state index contributed by atoms with van der Waals surface area (Å²) in [5.74, 6) is -0.00358. The number of Topliss-reactive ketones (excluding diaryl/α,β-unsaturated/α-hetero) is 1. The smallest absolute Gasteiger partial charge is 0.387 e. The highest BCUT2D eigenvalue weighted by Crippen LogP contribution is 2.25. The molecule has 0 saturated heterocycles. The summed E-state index contributed by atoms with van der Waals surface area (Å²) in [6.07, 6.45) is 0. The zero-order chi connectivity index (χ0) is 24.4. The summed E-state index contributed by atoms with van der Waals surface area (Å²) >= 11 is 1.16. The molecule has 4 aromatic rings. The molecule has 34 heavy (non-hydrogen) atoms. The highest BCUT2D eigenvalue weighted by molar-refractivity contribution is 7.99. The average Bonchev–Trinajstić information content (AvgIpc) is 2.80. The average molecular weight is 481 g/mol. The number of ether oxygens (including phenoxy) is 1. The van der Waals surface area contributed by atoms with E-state index >= 15 is 0 Å². The van der Waals surface area contributed by atoms with Crippen LogP contribution in [0.4, 0.5) is 8.78 Å². The van der Waals surface area contributed by atoms with Gasteiger partial charge in [-0.25, -0.2) is 4.98 Å². The Morgan fingerprint density at radius 1 is 1.00 bits per heavy atom. The molecule has 0 aliphatic carbocycles. The van der Waals surface area contributed by atoms with Gasteiger partial charge in [0.05, 0.1) is 22.3 Å². The van der Waals surface area contributed by atoms with Gasteiger partial charge in [0.2, 0.25) is 0 Å². The van der Waals surface area contributed by atoms with E-state index in [2.05, 4.69) is 9.72 Å². The normalized spacial score (nSPS) is 11.2. The Morgan fingerprint density at radius 3 is 2.38 bits per heavy atom. The van der Waals surface area contributed by atoms with Crippen LogP contribution in [0.2, 0.25) is 0 Å². The molecule has 0 unspecified atom stereocenters. The van der Waals surface area contributed by atoms with E-state index in [9.17, 15) is 18.4 Å². The maximum Gasteiger partial charge on any atom is 0.387 e. The molecule has 0 radical (unpaired) electrons. The number of nitrogens with zero attached hydrogens (tertiary/aromatic N) is 2. The second kappa shape index (κ2) is 9.77. The third-order valence-electron chi connectivity index (χ3n) is 5.54. The summed E-state index contributed by atoms with van der Waals surface area (Å²) in [5, 5.41) is 0.747. The van der Waals surface area contributed by atoms with E-state index in [1.807, 2.05) is 32.9 Å². The number of ketones is 1. The van der Waals surface area contributed by atoms with Crippen LogP contribution in [0.15, 0.2) is 70.6 Å². The van der Waals surface area contributed by atoms with Gasteiger partial charge in [0.15, 0.2) is 10.9 Å². The first kappa shape index (κ1) is 23.6. The van der Waals surface area contributed by atoms with Gasteiger partial charge in [0.1, 0.15) is 5.75 Å². The topological polar surface area (TPSA) is 61.2 Å². The Morgan fingerprint density at radius 2 is 1.68 bits per heavy atom. The summed E-state index contributed by atoms with van der Waals surface area (Å²) in [6.45, 7) is 2.92. The second-order valence-electron chi connectivity index (χ2n) is 7.89. The SMILES string of the molecule is Cc1cc(C)c(C(=O)CSc2nc3ccccc3c(=O)n2-c2ccc(OC(F)F)cc2)cc1C. The number of para-hydroxylation sites is 1.